The number of methoxy groups -OCH3 is 3. The highest BCUT2D eigenvalue weighted by Gasteiger charge is 2.13. The van der Waals surface area contributed by atoms with Gasteiger partial charge in [0.05, 0.1) is 34.5 Å². The maximum atomic E-state index is 11.5. The van der Waals surface area contributed by atoms with Crippen molar-refractivity contribution in [3.05, 3.63) is 70.3 Å². The van der Waals surface area contributed by atoms with E-state index in [2.05, 4.69) is 0 Å². The van der Waals surface area contributed by atoms with Crippen molar-refractivity contribution in [2.45, 2.75) is 40.0 Å². The molecule has 0 radical (unpaired) electrons. The highest BCUT2D eigenvalue weighted by atomic mass is 16.5. The third-order valence-corrected chi connectivity index (χ3v) is 6.12. The fourth-order valence-electron chi connectivity index (χ4n) is 3.67. The number of hydrogen-bond acceptors (Lipinski definition) is 11. The minimum atomic E-state index is -0.179. The van der Waals surface area contributed by atoms with E-state index < -0.39 is 0 Å². The first-order valence-electron chi connectivity index (χ1n) is 13.3. The molecule has 0 amide bonds. The van der Waals surface area contributed by atoms with Crippen molar-refractivity contribution in [1.82, 2.24) is 0 Å². The Hall–Kier alpha value is -4.61. The average molecular weight is 601 g/mol. The topological polar surface area (TPSA) is 180 Å². The van der Waals surface area contributed by atoms with Crippen LogP contribution in [0, 0.1) is 13.8 Å². The summed E-state index contributed by atoms with van der Waals surface area (Å²) >= 11 is 0. The number of carbonyl (C=O) groups is 3. The molecule has 0 saturated heterocycles. The number of carbonyl (C=O) groups excluding carboxylic acids is 3. The number of ether oxygens (including phenoxy) is 3. The minimum Gasteiger partial charge on any atom is -0.504 e. The number of phenolic OH excluding ortho intramolecular Hbond substituents is 3. The van der Waals surface area contributed by atoms with Gasteiger partial charge in [-0.15, -0.1) is 0 Å². The van der Waals surface area contributed by atoms with Gasteiger partial charge in [-0.25, -0.2) is 0 Å². The predicted octanol–water partition coefficient (Wildman–Crippen LogP) is 4.54. The standard InChI is InChI=1S/C11H14O4.C11H14O3.C10H12O4/c1-7-5-8(9(13)3-4-12)6-10(15-2)11(7)14;1-4-9(12)8-5-7(2)11(13)10(6-8)14-3;1-14-10-6-7(2-3-9(10)13)8(12)4-5-11/h5-6,12,14H,3-4H2,1-2H3;5-6,13H,4H2,1-3H3;2-3,6,11,13H,4-5H2,1H3. The molecule has 234 valence electrons. The summed E-state index contributed by atoms with van der Waals surface area (Å²) in [4.78, 5) is 34.2. The fraction of sp³-hybridized carbons (Fsp3) is 0.344. The molecule has 0 bridgehead atoms. The van der Waals surface area contributed by atoms with E-state index in [1.807, 2.05) is 0 Å². The Morgan fingerprint density at radius 3 is 1.40 bits per heavy atom. The summed E-state index contributed by atoms with van der Waals surface area (Å²) in [5.74, 6) is 0.717. The predicted molar refractivity (Wildman–Crippen MR) is 160 cm³/mol. The number of phenols is 3. The van der Waals surface area contributed by atoms with Crippen LogP contribution in [0.25, 0.3) is 0 Å². The van der Waals surface area contributed by atoms with Gasteiger partial charge in [0.25, 0.3) is 0 Å². The lowest BCUT2D eigenvalue weighted by atomic mass is 10.0. The number of aliphatic hydroxyl groups excluding tert-OH is 2. The molecule has 0 aliphatic heterocycles. The molecule has 5 N–H and O–H groups in total. The zero-order valence-corrected chi connectivity index (χ0v) is 25.3. The Bertz CT molecular complexity index is 1400. The van der Waals surface area contributed by atoms with Crippen LogP contribution in [0.1, 0.15) is 68.4 Å². The molecule has 0 aliphatic rings. The number of hydrogen-bond donors (Lipinski definition) is 5. The number of aromatic hydroxyl groups is 3. The first-order chi connectivity index (χ1) is 20.4. The van der Waals surface area contributed by atoms with Gasteiger partial charge >= 0.3 is 0 Å². The SMILES string of the molecule is CCC(=O)c1cc(C)c(O)c(OC)c1.COc1cc(C(=O)CCO)cc(C)c1O.COc1cc(C(=O)CCO)ccc1O. The zero-order valence-electron chi connectivity index (χ0n) is 25.3. The van der Waals surface area contributed by atoms with Crippen LogP contribution in [0.5, 0.6) is 34.5 Å². The van der Waals surface area contributed by atoms with Gasteiger partial charge in [-0.3, -0.25) is 14.4 Å². The molecule has 3 aromatic rings. The van der Waals surface area contributed by atoms with Crippen LogP contribution < -0.4 is 14.2 Å². The van der Waals surface area contributed by atoms with E-state index in [1.165, 1.54) is 45.6 Å². The van der Waals surface area contributed by atoms with E-state index >= 15 is 0 Å². The van der Waals surface area contributed by atoms with Crippen molar-refractivity contribution in [1.29, 1.82) is 0 Å². The number of ketones is 3. The van der Waals surface area contributed by atoms with Crippen molar-refractivity contribution < 1.29 is 54.1 Å². The van der Waals surface area contributed by atoms with E-state index in [-0.39, 0.29) is 72.2 Å². The van der Waals surface area contributed by atoms with Gasteiger partial charge in [-0.1, -0.05) is 6.92 Å². The van der Waals surface area contributed by atoms with E-state index in [1.54, 1.807) is 39.0 Å². The van der Waals surface area contributed by atoms with Crippen molar-refractivity contribution in [2.24, 2.45) is 0 Å². The molecular formula is C32H40O11. The molecule has 0 unspecified atom stereocenters. The summed E-state index contributed by atoms with van der Waals surface area (Å²) in [6.45, 7) is 4.87. The summed E-state index contributed by atoms with van der Waals surface area (Å²) in [5, 5.41) is 45.6. The number of benzene rings is 3. The molecule has 0 spiro atoms. The van der Waals surface area contributed by atoms with Crippen LogP contribution in [0.2, 0.25) is 0 Å². The molecular weight excluding hydrogens is 560 g/mol. The molecule has 3 rings (SSSR count). The van der Waals surface area contributed by atoms with E-state index in [0.29, 0.717) is 40.0 Å². The minimum absolute atomic E-state index is 0.00644. The van der Waals surface area contributed by atoms with Crippen LogP contribution in [0.4, 0.5) is 0 Å². The van der Waals surface area contributed by atoms with Crippen LogP contribution in [-0.4, -0.2) is 77.4 Å². The molecule has 0 aromatic heterocycles. The van der Waals surface area contributed by atoms with Crippen molar-refractivity contribution >= 4 is 17.3 Å². The Labute approximate surface area is 250 Å². The zero-order chi connectivity index (χ0) is 32.7. The molecule has 0 heterocycles. The second-order valence-electron chi connectivity index (χ2n) is 9.14. The van der Waals surface area contributed by atoms with E-state index in [4.69, 9.17) is 24.4 Å². The Morgan fingerprint density at radius 1 is 0.605 bits per heavy atom. The molecule has 11 heteroatoms. The number of aliphatic hydroxyl groups is 2. The van der Waals surface area contributed by atoms with Gasteiger partial charge < -0.3 is 39.7 Å². The van der Waals surface area contributed by atoms with Gasteiger partial charge in [0.1, 0.15) is 0 Å². The molecule has 11 nitrogen and oxygen atoms in total. The third-order valence-electron chi connectivity index (χ3n) is 6.12. The highest BCUT2D eigenvalue weighted by molar-refractivity contribution is 5.98. The highest BCUT2D eigenvalue weighted by Crippen LogP contribution is 2.32. The summed E-state index contributed by atoms with van der Waals surface area (Å²) < 4.78 is 14.7. The number of aryl methyl sites for hydroxylation is 2. The normalized spacial score (nSPS) is 9.95. The van der Waals surface area contributed by atoms with Crippen molar-refractivity contribution in [3.8, 4) is 34.5 Å². The van der Waals surface area contributed by atoms with Gasteiger partial charge in [0.15, 0.2) is 51.8 Å². The fourth-order valence-corrected chi connectivity index (χ4v) is 3.67. The molecule has 3 aromatic carbocycles. The maximum Gasteiger partial charge on any atom is 0.165 e. The Balaban J connectivity index is 0.000000323. The Morgan fingerprint density at radius 2 is 1.00 bits per heavy atom. The first kappa shape index (κ1) is 36.4. The van der Waals surface area contributed by atoms with Crippen LogP contribution in [-0.2, 0) is 0 Å². The summed E-state index contributed by atoms with van der Waals surface area (Å²) in [6.07, 6.45) is 0.606. The molecule has 0 atom stereocenters. The van der Waals surface area contributed by atoms with Gasteiger partial charge in [0.2, 0.25) is 0 Å². The third kappa shape index (κ3) is 10.6. The van der Waals surface area contributed by atoms with Crippen LogP contribution in [0.15, 0.2) is 42.5 Å². The number of Topliss-reactive ketones (excluding diaryl/α,β-unsaturated/α-hetero) is 3. The monoisotopic (exact) mass is 600 g/mol. The second kappa shape index (κ2) is 18.0. The van der Waals surface area contributed by atoms with Gasteiger partial charge in [0, 0.05) is 36.0 Å². The molecule has 0 aliphatic carbocycles. The lowest BCUT2D eigenvalue weighted by molar-refractivity contribution is 0.0947. The van der Waals surface area contributed by atoms with Crippen LogP contribution >= 0.6 is 0 Å². The van der Waals surface area contributed by atoms with Crippen molar-refractivity contribution in [3.63, 3.8) is 0 Å². The van der Waals surface area contributed by atoms with Gasteiger partial charge in [-0.2, -0.15) is 0 Å². The van der Waals surface area contributed by atoms with E-state index in [9.17, 15) is 29.7 Å². The maximum absolute atomic E-state index is 11.5. The summed E-state index contributed by atoms with van der Waals surface area (Å²) in [5.41, 5.74) is 2.68. The summed E-state index contributed by atoms with van der Waals surface area (Å²) in [7, 11) is 4.30. The van der Waals surface area contributed by atoms with Crippen LogP contribution in [0.3, 0.4) is 0 Å². The quantitative estimate of drug-likeness (QED) is 0.195. The average Bonchev–Trinajstić information content (AvgIpc) is 3.00. The molecule has 0 fully saturated rings. The first-order valence-corrected chi connectivity index (χ1v) is 13.3. The van der Waals surface area contributed by atoms with Gasteiger partial charge in [-0.05, 0) is 67.4 Å². The Kier molecular flexibility index (Phi) is 15.3. The lowest BCUT2D eigenvalue weighted by Gasteiger charge is -2.08. The largest absolute Gasteiger partial charge is 0.504 e. The smallest absolute Gasteiger partial charge is 0.165 e. The molecule has 43 heavy (non-hydrogen) atoms. The molecule has 0 saturated carbocycles. The van der Waals surface area contributed by atoms with Crippen molar-refractivity contribution in [2.75, 3.05) is 34.5 Å². The summed E-state index contributed by atoms with van der Waals surface area (Å²) in [6, 6.07) is 10.6. The number of rotatable bonds is 11. The second-order valence-corrected chi connectivity index (χ2v) is 9.14. The lowest BCUT2D eigenvalue weighted by Crippen LogP contribution is -2.02. The van der Waals surface area contributed by atoms with E-state index in [0.717, 1.165) is 0 Å².